The molecule has 1 amide bonds. The predicted molar refractivity (Wildman–Crippen MR) is 79.7 cm³/mol. The molecule has 1 saturated heterocycles. The van der Waals surface area contributed by atoms with E-state index in [4.69, 9.17) is 5.11 Å². The molecule has 0 aromatic heterocycles. The van der Waals surface area contributed by atoms with Gasteiger partial charge in [-0.1, -0.05) is 30.3 Å². The number of carboxylic acids is 1. The molecule has 1 aliphatic rings. The molecule has 0 aliphatic carbocycles. The van der Waals surface area contributed by atoms with Gasteiger partial charge in [0.2, 0.25) is 5.91 Å². The van der Waals surface area contributed by atoms with Crippen LogP contribution in [0, 0.1) is 5.92 Å². The standard InChI is InChI=1S/C16H22N2O3/c1-17(12-15(19)20)16(21)14-7-9-18(10-8-14)11-13-5-3-2-4-6-13/h2-6,14H,7-12H2,1H3,(H,19,20). The Hall–Kier alpha value is -1.88. The number of nitrogens with zero attached hydrogens (tertiary/aromatic N) is 2. The van der Waals surface area contributed by atoms with Crippen LogP contribution in [0.4, 0.5) is 0 Å². The Balaban J connectivity index is 1.80. The van der Waals surface area contributed by atoms with Crippen molar-refractivity contribution in [3.63, 3.8) is 0 Å². The number of rotatable bonds is 5. The summed E-state index contributed by atoms with van der Waals surface area (Å²) in [5.41, 5.74) is 1.28. The number of benzene rings is 1. The number of likely N-dealkylation sites (N-methyl/N-ethyl adjacent to an activating group) is 1. The molecule has 0 spiro atoms. The summed E-state index contributed by atoms with van der Waals surface area (Å²) in [5.74, 6) is -1.05. The highest BCUT2D eigenvalue weighted by molar-refractivity contribution is 5.82. The van der Waals surface area contributed by atoms with Crippen molar-refractivity contribution >= 4 is 11.9 Å². The maximum Gasteiger partial charge on any atom is 0.323 e. The summed E-state index contributed by atoms with van der Waals surface area (Å²) in [6.07, 6.45) is 1.60. The minimum atomic E-state index is -0.965. The Bertz CT molecular complexity index is 482. The first-order valence-corrected chi connectivity index (χ1v) is 7.29. The van der Waals surface area contributed by atoms with Crippen LogP contribution in [0.1, 0.15) is 18.4 Å². The van der Waals surface area contributed by atoms with Gasteiger partial charge < -0.3 is 10.0 Å². The van der Waals surface area contributed by atoms with Crippen LogP contribution in [0.3, 0.4) is 0 Å². The molecular weight excluding hydrogens is 268 g/mol. The fraction of sp³-hybridized carbons (Fsp3) is 0.500. The molecule has 21 heavy (non-hydrogen) atoms. The second kappa shape index (κ2) is 7.22. The van der Waals surface area contributed by atoms with Crippen LogP contribution >= 0.6 is 0 Å². The normalized spacial score (nSPS) is 16.6. The van der Waals surface area contributed by atoms with Crippen molar-refractivity contribution in [3.05, 3.63) is 35.9 Å². The summed E-state index contributed by atoms with van der Waals surface area (Å²) in [6.45, 7) is 2.45. The summed E-state index contributed by atoms with van der Waals surface area (Å²) in [5, 5.41) is 8.74. The highest BCUT2D eigenvalue weighted by atomic mass is 16.4. The van der Waals surface area contributed by atoms with Gasteiger partial charge in [0.15, 0.2) is 0 Å². The minimum absolute atomic E-state index is 0.0404. The Morgan fingerprint density at radius 2 is 1.86 bits per heavy atom. The van der Waals surface area contributed by atoms with Crippen molar-refractivity contribution < 1.29 is 14.7 Å². The number of hydrogen-bond donors (Lipinski definition) is 1. The van der Waals surface area contributed by atoms with Gasteiger partial charge in [-0.05, 0) is 31.5 Å². The third kappa shape index (κ3) is 4.56. The molecule has 5 heteroatoms. The second-order valence-corrected chi connectivity index (χ2v) is 5.62. The van der Waals surface area contributed by atoms with E-state index in [1.165, 1.54) is 10.5 Å². The number of aliphatic carboxylic acids is 1. The number of hydrogen-bond acceptors (Lipinski definition) is 3. The largest absolute Gasteiger partial charge is 0.480 e. The predicted octanol–water partition coefficient (Wildman–Crippen LogP) is 1.44. The number of carbonyl (C=O) groups is 2. The summed E-state index contributed by atoms with van der Waals surface area (Å²) < 4.78 is 0. The summed E-state index contributed by atoms with van der Waals surface area (Å²) in [7, 11) is 1.56. The highest BCUT2D eigenvalue weighted by Gasteiger charge is 2.27. The van der Waals surface area contributed by atoms with Crippen LogP contribution in [0.5, 0.6) is 0 Å². The van der Waals surface area contributed by atoms with Crippen LogP contribution in [-0.4, -0.2) is 53.5 Å². The lowest BCUT2D eigenvalue weighted by Gasteiger charge is -2.32. The lowest BCUT2D eigenvalue weighted by molar-refractivity contribution is -0.145. The molecule has 5 nitrogen and oxygen atoms in total. The van der Waals surface area contributed by atoms with E-state index < -0.39 is 5.97 Å². The van der Waals surface area contributed by atoms with E-state index >= 15 is 0 Å². The van der Waals surface area contributed by atoms with Crippen molar-refractivity contribution in [1.29, 1.82) is 0 Å². The molecule has 1 aromatic rings. The van der Waals surface area contributed by atoms with E-state index in [2.05, 4.69) is 17.0 Å². The molecule has 114 valence electrons. The fourth-order valence-electron chi connectivity index (χ4n) is 2.77. The van der Waals surface area contributed by atoms with Gasteiger partial charge in [-0.3, -0.25) is 14.5 Å². The van der Waals surface area contributed by atoms with Crippen LogP contribution in [-0.2, 0) is 16.1 Å². The lowest BCUT2D eigenvalue weighted by Crippen LogP contribution is -2.42. The molecule has 1 N–H and O–H groups in total. The molecule has 0 atom stereocenters. The molecule has 2 rings (SSSR count). The van der Waals surface area contributed by atoms with Gasteiger partial charge >= 0.3 is 5.97 Å². The van der Waals surface area contributed by atoms with Crippen LogP contribution in [0.15, 0.2) is 30.3 Å². The first-order chi connectivity index (χ1) is 10.1. The quantitative estimate of drug-likeness (QED) is 0.891. The van der Waals surface area contributed by atoms with E-state index in [0.29, 0.717) is 0 Å². The third-order valence-electron chi connectivity index (χ3n) is 3.93. The SMILES string of the molecule is CN(CC(=O)O)C(=O)C1CCN(Cc2ccccc2)CC1. The van der Waals surface area contributed by atoms with Gasteiger partial charge in [-0.25, -0.2) is 0 Å². The van der Waals surface area contributed by atoms with Crippen LogP contribution < -0.4 is 0 Å². The van der Waals surface area contributed by atoms with E-state index in [1.807, 2.05) is 18.2 Å². The molecule has 1 heterocycles. The van der Waals surface area contributed by atoms with E-state index in [1.54, 1.807) is 7.05 Å². The third-order valence-corrected chi connectivity index (χ3v) is 3.93. The molecule has 0 radical (unpaired) electrons. The van der Waals surface area contributed by atoms with Crippen molar-refractivity contribution in [2.75, 3.05) is 26.7 Å². The first-order valence-electron chi connectivity index (χ1n) is 7.29. The molecule has 0 unspecified atom stereocenters. The van der Waals surface area contributed by atoms with Crippen molar-refractivity contribution in [2.24, 2.45) is 5.92 Å². The van der Waals surface area contributed by atoms with E-state index in [9.17, 15) is 9.59 Å². The number of carbonyl (C=O) groups excluding carboxylic acids is 1. The van der Waals surface area contributed by atoms with Gasteiger partial charge in [-0.2, -0.15) is 0 Å². The van der Waals surface area contributed by atoms with Gasteiger partial charge in [0.05, 0.1) is 0 Å². The summed E-state index contributed by atoms with van der Waals surface area (Å²) in [6, 6.07) is 10.3. The Labute approximate surface area is 125 Å². The van der Waals surface area contributed by atoms with Gasteiger partial charge in [-0.15, -0.1) is 0 Å². The average molecular weight is 290 g/mol. The van der Waals surface area contributed by atoms with Gasteiger partial charge in [0, 0.05) is 19.5 Å². The second-order valence-electron chi connectivity index (χ2n) is 5.62. The van der Waals surface area contributed by atoms with Crippen LogP contribution in [0.2, 0.25) is 0 Å². The van der Waals surface area contributed by atoms with Crippen molar-refractivity contribution in [1.82, 2.24) is 9.80 Å². The zero-order chi connectivity index (χ0) is 15.2. The minimum Gasteiger partial charge on any atom is -0.480 e. The Morgan fingerprint density at radius 3 is 2.43 bits per heavy atom. The summed E-state index contributed by atoms with van der Waals surface area (Å²) >= 11 is 0. The monoisotopic (exact) mass is 290 g/mol. The zero-order valence-corrected chi connectivity index (χ0v) is 12.4. The van der Waals surface area contributed by atoms with E-state index in [0.717, 1.165) is 32.5 Å². The maximum atomic E-state index is 12.1. The number of amides is 1. The van der Waals surface area contributed by atoms with Crippen LogP contribution in [0.25, 0.3) is 0 Å². The lowest BCUT2D eigenvalue weighted by atomic mass is 9.95. The number of likely N-dealkylation sites (tertiary alicyclic amines) is 1. The van der Waals surface area contributed by atoms with Gasteiger partial charge in [0.1, 0.15) is 6.54 Å². The first kappa shape index (κ1) is 15.5. The van der Waals surface area contributed by atoms with Gasteiger partial charge in [0.25, 0.3) is 0 Å². The molecule has 1 aliphatic heterocycles. The Kier molecular flexibility index (Phi) is 5.33. The van der Waals surface area contributed by atoms with Crippen molar-refractivity contribution in [2.45, 2.75) is 19.4 Å². The zero-order valence-electron chi connectivity index (χ0n) is 12.4. The molecule has 1 aromatic carbocycles. The molecule has 1 fully saturated rings. The number of piperidine rings is 1. The smallest absolute Gasteiger partial charge is 0.323 e. The highest BCUT2D eigenvalue weighted by Crippen LogP contribution is 2.20. The maximum absolute atomic E-state index is 12.1. The molecule has 0 bridgehead atoms. The topological polar surface area (TPSA) is 60.9 Å². The Morgan fingerprint density at radius 1 is 1.24 bits per heavy atom. The molecular formula is C16H22N2O3. The van der Waals surface area contributed by atoms with E-state index in [-0.39, 0.29) is 18.4 Å². The number of carboxylic acid groups (broad SMARTS) is 1. The van der Waals surface area contributed by atoms with Crippen molar-refractivity contribution in [3.8, 4) is 0 Å². The average Bonchev–Trinajstić information content (AvgIpc) is 2.47. The summed E-state index contributed by atoms with van der Waals surface area (Å²) in [4.78, 5) is 26.5. The fourth-order valence-corrected chi connectivity index (χ4v) is 2.77. The molecule has 0 saturated carbocycles.